The van der Waals surface area contributed by atoms with E-state index >= 15 is 0 Å². The molecule has 0 aromatic heterocycles. The lowest BCUT2D eigenvalue weighted by Gasteiger charge is -2.03. The summed E-state index contributed by atoms with van der Waals surface area (Å²) >= 11 is 0. The maximum absolute atomic E-state index is 11.9. The van der Waals surface area contributed by atoms with E-state index in [1.54, 1.807) is 0 Å². The number of benzene rings is 2. The van der Waals surface area contributed by atoms with Crippen molar-refractivity contribution in [2.24, 2.45) is 5.16 Å². The van der Waals surface area contributed by atoms with E-state index in [0.29, 0.717) is 12.0 Å². The quantitative estimate of drug-likeness (QED) is 0.612. The van der Waals surface area contributed by atoms with Gasteiger partial charge in [0.25, 0.3) is 0 Å². The fourth-order valence-corrected chi connectivity index (χ4v) is 2.25. The first kappa shape index (κ1) is 10.7. The Labute approximate surface area is 104 Å². The van der Waals surface area contributed by atoms with Crippen molar-refractivity contribution in [1.29, 1.82) is 0 Å². The highest BCUT2D eigenvalue weighted by Crippen LogP contribution is 2.27. The number of carbonyl (C=O) groups excluding carboxylic acids is 1. The van der Waals surface area contributed by atoms with Gasteiger partial charge in [0.05, 0.1) is 0 Å². The molecular formula is C15H11NO2. The van der Waals surface area contributed by atoms with Crippen molar-refractivity contribution < 1.29 is 10.0 Å². The van der Waals surface area contributed by atoms with Gasteiger partial charge in [-0.2, -0.15) is 0 Å². The zero-order valence-electron chi connectivity index (χ0n) is 9.63. The highest BCUT2D eigenvalue weighted by atomic mass is 16.4. The molecule has 3 rings (SSSR count). The summed E-state index contributed by atoms with van der Waals surface area (Å²) in [6.45, 7) is 0. The molecule has 0 fully saturated rings. The molecule has 1 aliphatic rings. The van der Waals surface area contributed by atoms with Crippen LogP contribution in [0, 0.1) is 0 Å². The van der Waals surface area contributed by atoms with Crippen LogP contribution in [0.1, 0.15) is 15.9 Å². The molecule has 3 nitrogen and oxygen atoms in total. The van der Waals surface area contributed by atoms with E-state index in [1.165, 1.54) is 0 Å². The zero-order valence-corrected chi connectivity index (χ0v) is 9.63. The molecule has 0 spiro atoms. The maximum atomic E-state index is 11.9. The summed E-state index contributed by atoms with van der Waals surface area (Å²) in [5, 5.41) is 11.8. The Hall–Kier alpha value is -2.42. The third-order valence-electron chi connectivity index (χ3n) is 3.20. The zero-order chi connectivity index (χ0) is 12.5. The minimum Gasteiger partial charge on any atom is -0.411 e. The Kier molecular flexibility index (Phi) is 2.45. The summed E-state index contributed by atoms with van der Waals surface area (Å²) in [4.78, 5) is 11.9. The number of nitrogens with zero attached hydrogens (tertiary/aromatic N) is 1. The van der Waals surface area contributed by atoms with E-state index in [0.717, 1.165) is 16.7 Å². The number of rotatable bonds is 1. The third kappa shape index (κ3) is 1.61. The fourth-order valence-electron chi connectivity index (χ4n) is 2.25. The van der Waals surface area contributed by atoms with E-state index in [-0.39, 0.29) is 11.5 Å². The van der Waals surface area contributed by atoms with Crippen molar-refractivity contribution in [3.05, 3.63) is 59.7 Å². The van der Waals surface area contributed by atoms with Gasteiger partial charge < -0.3 is 5.21 Å². The first-order valence-electron chi connectivity index (χ1n) is 5.73. The third-order valence-corrected chi connectivity index (χ3v) is 3.20. The van der Waals surface area contributed by atoms with Crippen LogP contribution in [0.5, 0.6) is 0 Å². The highest BCUT2D eigenvalue weighted by molar-refractivity contribution is 6.49. The summed E-state index contributed by atoms with van der Waals surface area (Å²) in [6.07, 6.45) is 0.416. The minimum atomic E-state index is -0.176. The highest BCUT2D eigenvalue weighted by Gasteiger charge is 2.27. The summed E-state index contributed by atoms with van der Waals surface area (Å²) < 4.78 is 0. The first-order chi connectivity index (χ1) is 8.79. The van der Waals surface area contributed by atoms with Crippen molar-refractivity contribution in [3.8, 4) is 11.1 Å². The molecule has 1 aliphatic carbocycles. The van der Waals surface area contributed by atoms with Crippen molar-refractivity contribution in [3.63, 3.8) is 0 Å². The molecule has 2 aromatic rings. The van der Waals surface area contributed by atoms with Crippen molar-refractivity contribution >= 4 is 11.5 Å². The molecule has 0 heterocycles. The van der Waals surface area contributed by atoms with Gasteiger partial charge in [0, 0.05) is 12.0 Å². The second-order valence-corrected chi connectivity index (χ2v) is 4.29. The van der Waals surface area contributed by atoms with Gasteiger partial charge in [-0.25, -0.2) is 0 Å². The predicted octanol–water partition coefficient (Wildman–Crippen LogP) is 2.92. The van der Waals surface area contributed by atoms with Crippen LogP contribution in [0.15, 0.2) is 53.7 Å². The van der Waals surface area contributed by atoms with Crippen LogP contribution in [0.4, 0.5) is 0 Å². The molecule has 0 saturated heterocycles. The Morgan fingerprint density at radius 3 is 2.50 bits per heavy atom. The fraction of sp³-hybridized carbons (Fsp3) is 0.0667. The van der Waals surface area contributed by atoms with Crippen molar-refractivity contribution in [2.75, 3.05) is 0 Å². The van der Waals surface area contributed by atoms with Gasteiger partial charge in [0.2, 0.25) is 5.78 Å². The number of hydrogen-bond donors (Lipinski definition) is 1. The largest absolute Gasteiger partial charge is 0.411 e. The minimum absolute atomic E-state index is 0.176. The second kappa shape index (κ2) is 4.11. The predicted molar refractivity (Wildman–Crippen MR) is 69.1 cm³/mol. The molecule has 88 valence electrons. The first-order valence-corrected chi connectivity index (χ1v) is 5.73. The molecular weight excluding hydrogens is 226 g/mol. The summed E-state index contributed by atoms with van der Waals surface area (Å²) in [5.41, 5.74) is 3.86. The van der Waals surface area contributed by atoms with Crippen LogP contribution in [0.2, 0.25) is 0 Å². The van der Waals surface area contributed by atoms with Gasteiger partial charge in [0.15, 0.2) is 0 Å². The number of hydrogen-bond acceptors (Lipinski definition) is 3. The number of oxime groups is 1. The van der Waals surface area contributed by atoms with E-state index in [1.807, 2.05) is 48.5 Å². The van der Waals surface area contributed by atoms with Crippen LogP contribution >= 0.6 is 0 Å². The van der Waals surface area contributed by atoms with Crippen LogP contribution in [-0.4, -0.2) is 16.7 Å². The summed E-state index contributed by atoms with van der Waals surface area (Å²) in [7, 11) is 0. The van der Waals surface area contributed by atoms with Gasteiger partial charge in [0.1, 0.15) is 5.71 Å². The smallest absolute Gasteiger partial charge is 0.211 e. The van der Waals surface area contributed by atoms with Gasteiger partial charge in [-0.05, 0) is 22.8 Å². The van der Waals surface area contributed by atoms with Gasteiger partial charge in [-0.15, -0.1) is 0 Å². The number of fused-ring (bicyclic) bond motifs is 1. The molecule has 1 N–H and O–H groups in total. The molecule has 0 aliphatic heterocycles. The molecule has 3 heteroatoms. The topological polar surface area (TPSA) is 49.7 Å². The van der Waals surface area contributed by atoms with Crippen LogP contribution < -0.4 is 0 Å². The van der Waals surface area contributed by atoms with Crippen molar-refractivity contribution in [2.45, 2.75) is 6.42 Å². The molecule has 18 heavy (non-hydrogen) atoms. The number of carbonyl (C=O) groups is 1. The average Bonchev–Trinajstić information content (AvgIpc) is 2.76. The van der Waals surface area contributed by atoms with Gasteiger partial charge in [-0.1, -0.05) is 47.6 Å². The second-order valence-electron chi connectivity index (χ2n) is 4.29. The monoisotopic (exact) mass is 237 g/mol. The van der Waals surface area contributed by atoms with E-state index in [4.69, 9.17) is 5.21 Å². The lowest BCUT2D eigenvalue weighted by Crippen LogP contribution is -2.06. The maximum Gasteiger partial charge on any atom is 0.211 e. The number of ketones is 1. The Bertz CT molecular complexity index is 645. The Morgan fingerprint density at radius 2 is 1.78 bits per heavy atom. The molecule has 0 amide bonds. The molecule has 0 atom stereocenters. The van der Waals surface area contributed by atoms with Crippen LogP contribution in [-0.2, 0) is 6.42 Å². The van der Waals surface area contributed by atoms with Gasteiger partial charge in [-0.3, -0.25) is 4.79 Å². The lowest BCUT2D eigenvalue weighted by atomic mass is 10.0. The molecule has 0 saturated carbocycles. The molecule has 0 bridgehead atoms. The van der Waals surface area contributed by atoms with E-state index < -0.39 is 0 Å². The van der Waals surface area contributed by atoms with E-state index in [9.17, 15) is 4.79 Å². The van der Waals surface area contributed by atoms with Crippen LogP contribution in [0.3, 0.4) is 0 Å². The summed E-state index contributed by atoms with van der Waals surface area (Å²) in [6, 6.07) is 15.7. The average molecular weight is 237 g/mol. The SMILES string of the molecule is O=C1/C(=N\O)Cc2ccc(-c3ccccc3)cc21. The Morgan fingerprint density at radius 1 is 1.00 bits per heavy atom. The lowest BCUT2D eigenvalue weighted by molar-refractivity contribution is 0.106. The number of Topliss-reactive ketones (excluding diaryl/α,β-unsaturated/α-hetero) is 1. The van der Waals surface area contributed by atoms with Crippen molar-refractivity contribution in [1.82, 2.24) is 0 Å². The molecule has 0 radical (unpaired) electrons. The van der Waals surface area contributed by atoms with E-state index in [2.05, 4.69) is 5.16 Å². The molecule has 2 aromatic carbocycles. The normalized spacial score (nSPS) is 16.0. The summed E-state index contributed by atoms with van der Waals surface area (Å²) in [5.74, 6) is -0.176. The Balaban J connectivity index is 2.09. The van der Waals surface area contributed by atoms with Gasteiger partial charge >= 0.3 is 0 Å². The molecule has 0 unspecified atom stereocenters. The van der Waals surface area contributed by atoms with Crippen LogP contribution in [0.25, 0.3) is 11.1 Å². The standard InChI is InChI=1S/C15H11NO2/c17-15-13-8-11(10-4-2-1-3-5-10)6-7-12(13)9-14(15)16-18/h1-8,18H,9H2/b16-14-.